The highest BCUT2D eigenvalue weighted by atomic mass is 16.6. The van der Waals surface area contributed by atoms with E-state index in [9.17, 15) is 14.9 Å². The van der Waals surface area contributed by atoms with Gasteiger partial charge in [0.15, 0.2) is 11.9 Å². The number of hydrogen-bond donors (Lipinski definition) is 0. The molecule has 0 N–H and O–H groups in total. The van der Waals surface area contributed by atoms with E-state index in [2.05, 4.69) is 4.98 Å². The van der Waals surface area contributed by atoms with Crippen LogP contribution in [0.3, 0.4) is 0 Å². The maximum absolute atomic E-state index is 12.6. The van der Waals surface area contributed by atoms with E-state index < -0.39 is 11.0 Å². The first-order valence-electron chi connectivity index (χ1n) is 8.27. The number of carbonyl (C=O) groups is 1. The summed E-state index contributed by atoms with van der Waals surface area (Å²) >= 11 is 0. The van der Waals surface area contributed by atoms with Crippen LogP contribution in [0, 0.1) is 10.1 Å². The van der Waals surface area contributed by atoms with E-state index in [1.165, 1.54) is 22.6 Å². The molecule has 0 aliphatic carbocycles. The predicted octanol–water partition coefficient (Wildman–Crippen LogP) is 3.13. The van der Waals surface area contributed by atoms with Gasteiger partial charge in [0.25, 0.3) is 11.7 Å². The molecule has 25 heavy (non-hydrogen) atoms. The fraction of sp³-hybridized carbons (Fsp3) is 0.333. The van der Waals surface area contributed by atoms with E-state index in [1.54, 1.807) is 0 Å². The van der Waals surface area contributed by atoms with E-state index in [-0.39, 0.29) is 17.5 Å². The van der Waals surface area contributed by atoms with Crippen molar-refractivity contribution in [3.63, 3.8) is 0 Å². The monoisotopic (exact) mass is 341 g/mol. The van der Waals surface area contributed by atoms with Crippen molar-refractivity contribution in [2.24, 2.45) is 0 Å². The third-order valence-corrected chi connectivity index (χ3v) is 4.14. The van der Waals surface area contributed by atoms with Crippen LogP contribution in [0.1, 0.15) is 25.3 Å². The van der Waals surface area contributed by atoms with E-state index in [4.69, 9.17) is 4.74 Å². The Balaban J connectivity index is 1.82. The zero-order valence-electron chi connectivity index (χ0n) is 13.9. The zero-order valence-corrected chi connectivity index (χ0v) is 13.9. The van der Waals surface area contributed by atoms with Crippen LogP contribution in [0.5, 0.6) is 5.75 Å². The smallest absolute Gasteiger partial charge is 0.366 e. The number of nitro groups is 1. The second kappa shape index (κ2) is 7.29. The molecule has 2 aromatic rings. The zero-order chi connectivity index (χ0) is 17.8. The van der Waals surface area contributed by atoms with Crippen LogP contribution in [-0.4, -0.2) is 28.5 Å². The number of fused-ring (bicyclic) bond motifs is 1. The van der Waals surface area contributed by atoms with Crippen LogP contribution in [-0.2, 0) is 11.2 Å². The van der Waals surface area contributed by atoms with Gasteiger partial charge in [-0.15, -0.1) is 0 Å². The van der Waals surface area contributed by atoms with Crippen LogP contribution in [0.4, 0.5) is 11.6 Å². The van der Waals surface area contributed by atoms with Gasteiger partial charge in [0.05, 0.1) is 0 Å². The number of benzene rings is 1. The fourth-order valence-corrected chi connectivity index (χ4v) is 2.85. The molecule has 0 fully saturated rings. The molecule has 0 spiro atoms. The van der Waals surface area contributed by atoms with Gasteiger partial charge in [-0.25, -0.2) is 0 Å². The number of nitrogens with zero attached hydrogens (tertiary/aromatic N) is 3. The summed E-state index contributed by atoms with van der Waals surface area (Å²) in [5, 5.41) is 11.0. The van der Waals surface area contributed by atoms with Crippen molar-refractivity contribution < 1.29 is 14.5 Å². The number of rotatable bonds is 6. The largest absolute Gasteiger partial charge is 0.474 e. The van der Waals surface area contributed by atoms with Gasteiger partial charge in [0.1, 0.15) is 0 Å². The summed E-state index contributed by atoms with van der Waals surface area (Å²) in [6.45, 7) is 2.31. The quantitative estimate of drug-likeness (QED) is 0.595. The topological polar surface area (TPSA) is 85.6 Å². The second-order valence-electron chi connectivity index (χ2n) is 5.84. The van der Waals surface area contributed by atoms with Crippen molar-refractivity contribution in [1.29, 1.82) is 0 Å². The summed E-state index contributed by atoms with van der Waals surface area (Å²) < 4.78 is 5.65. The van der Waals surface area contributed by atoms with Crippen LogP contribution < -0.4 is 9.64 Å². The molecule has 7 heteroatoms. The average molecular weight is 341 g/mol. The predicted molar refractivity (Wildman–Crippen MR) is 92.7 cm³/mol. The second-order valence-corrected chi connectivity index (χ2v) is 5.84. The number of aryl methyl sites for hydroxylation is 1. The maximum atomic E-state index is 12.6. The van der Waals surface area contributed by atoms with Gasteiger partial charge >= 0.3 is 5.82 Å². The molecule has 0 radical (unpaired) electrons. The molecule has 0 saturated heterocycles. The molecule has 1 aromatic carbocycles. The van der Waals surface area contributed by atoms with Crippen molar-refractivity contribution in [3.05, 3.63) is 58.1 Å². The SMILES string of the molecule is CCC1Oc2ccc([N+](=O)[O-])nc2N(CCCc2ccccc2)C1=O. The van der Waals surface area contributed by atoms with Gasteiger partial charge in [0, 0.05) is 12.6 Å². The maximum Gasteiger partial charge on any atom is 0.366 e. The minimum Gasteiger partial charge on any atom is -0.474 e. The number of pyridine rings is 1. The molecule has 2 heterocycles. The van der Waals surface area contributed by atoms with Crippen molar-refractivity contribution in [1.82, 2.24) is 4.98 Å². The highest BCUT2D eigenvalue weighted by Crippen LogP contribution is 2.34. The molecule has 0 saturated carbocycles. The molecule has 3 rings (SSSR count). The molecule has 1 amide bonds. The molecule has 1 unspecified atom stereocenters. The Bertz CT molecular complexity index is 779. The third-order valence-electron chi connectivity index (χ3n) is 4.14. The number of ether oxygens (including phenoxy) is 1. The normalized spacial score (nSPS) is 16.3. The Hall–Kier alpha value is -2.96. The Morgan fingerprint density at radius 1 is 1.24 bits per heavy atom. The van der Waals surface area contributed by atoms with E-state index in [0.717, 1.165) is 12.8 Å². The molecule has 7 nitrogen and oxygen atoms in total. The summed E-state index contributed by atoms with van der Waals surface area (Å²) in [6.07, 6.45) is 1.50. The van der Waals surface area contributed by atoms with Crippen LogP contribution in [0.15, 0.2) is 42.5 Å². The van der Waals surface area contributed by atoms with E-state index in [0.29, 0.717) is 18.7 Å². The van der Waals surface area contributed by atoms with Crippen molar-refractivity contribution in [2.75, 3.05) is 11.4 Å². The lowest BCUT2D eigenvalue weighted by molar-refractivity contribution is -0.389. The Morgan fingerprint density at radius 2 is 2.00 bits per heavy atom. The molecule has 1 aliphatic heterocycles. The number of amides is 1. The lowest BCUT2D eigenvalue weighted by Gasteiger charge is -2.30. The van der Waals surface area contributed by atoms with Gasteiger partial charge in [-0.3, -0.25) is 9.69 Å². The number of hydrogen-bond acceptors (Lipinski definition) is 5. The van der Waals surface area contributed by atoms with E-state index >= 15 is 0 Å². The number of carbonyl (C=O) groups excluding carboxylic acids is 1. The lowest BCUT2D eigenvalue weighted by Crippen LogP contribution is -2.46. The number of anilines is 1. The first-order valence-corrected chi connectivity index (χ1v) is 8.27. The standard InChI is InChI=1S/C18H19N3O4/c1-2-14-18(22)20(12-6-9-13-7-4-3-5-8-13)17-15(25-14)10-11-16(19-17)21(23)24/h3-5,7-8,10-11,14H,2,6,9,12H2,1H3. The van der Waals surface area contributed by atoms with Gasteiger partial charge in [0.2, 0.25) is 0 Å². The fourth-order valence-electron chi connectivity index (χ4n) is 2.85. The number of aromatic nitrogens is 1. The Kier molecular flexibility index (Phi) is 4.92. The Labute approximate surface area is 145 Å². The van der Waals surface area contributed by atoms with Crippen LogP contribution in [0.2, 0.25) is 0 Å². The molecule has 1 aromatic heterocycles. The van der Waals surface area contributed by atoms with Gasteiger partial charge in [-0.2, -0.15) is 0 Å². The van der Waals surface area contributed by atoms with Crippen molar-refractivity contribution in [2.45, 2.75) is 32.3 Å². The molecular formula is C18H19N3O4. The lowest BCUT2D eigenvalue weighted by atomic mass is 10.1. The minimum absolute atomic E-state index is 0.198. The highest BCUT2D eigenvalue weighted by molar-refractivity contribution is 5.99. The molecule has 1 atom stereocenters. The molecule has 1 aliphatic rings. The summed E-state index contributed by atoms with van der Waals surface area (Å²) in [6, 6.07) is 12.8. The average Bonchev–Trinajstić information content (AvgIpc) is 2.63. The first-order chi connectivity index (χ1) is 12.1. The van der Waals surface area contributed by atoms with Crippen LogP contribution in [0.25, 0.3) is 0 Å². The van der Waals surface area contributed by atoms with Crippen molar-refractivity contribution >= 4 is 17.5 Å². The third kappa shape index (κ3) is 3.60. The summed E-state index contributed by atoms with van der Waals surface area (Å²) in [4.78, 5) is 28.6. The highest BCUT2D eigenvalue weighted by Gasteiger charge is 2.37. The van der Waals surface area contributed by atoms with Gasteiger partial charge in [-0.1, -0.05) is 37.3 Å². The summed E-state index contributed by atoms with van der Waals surface area (Å²) in [5.74, 6) is 0.156. The van der Waals surface area contributed by atoms with Crippen LogP contribution >= 0.6 is 0 Å². The summed E-state index contributed by atoms with van der Waals surface area (Å²) in [7, 11) is 0. The molecular weight excluding hydrogens is 322 g/mol. The molecule has 0 bridgehead atoms. The Morgan fingerprint density at radius 3 is 2.68 bits per heavy atom. The van der Waals surface area contributed by atoms with Gasteiger partial charge < -0.3 is 14.9 Å². The summed E-state index contributed by atoms with van der Waals surface area (Å²) in [5.41, 5.74) is 1.18. The first kappa shape index (κ1) is 16.9. The van der Waals surface area contributed by atoms with Crippen molar-refractivity contribution in [3.8, 4) is 5.75 Å². The van der Waals surface area contributed by atoms with E-state index in [1.807, 2.05) is 37.3 Å². The minimum atomic E-state index is -0.576. The molecule has 130 valence electrons. The van der Waals surface area contributed by atoms with Gasteiger partial charge in [-0.05, 0) is 40.8 Å².